The van der Waals surface area contributed by atoms with Gasteiger partial charge in [-0.25, -0.2) is 4.79 Å². The monoisotopic (exact) mass is 380 g/mol. The van der Waals surface area contributed by atoms with Gasteiger partial charge in [0.25, 0.3) is 0 Å². The molecule has 0 radical (unpaired) electrons. The molecule has 2 aromatic carbocycles. The lowest BCUT2D eigenvalue weighted by Gasteiger charge is -2.37. The van der Waals surface area contributed by atoms with E-state index in [1.807, 2.05) is 54.6 Å². The molecule has 4 rings (SSSR count). The molecule has 0 saturated carbocycles. The van der Waals surface area contributed by atoms with Crippen LogP contribution in [0.25, 0.3) is 11.1 Å². The van der Waals surface area contributed by atoms with Gasteiger partial charge in [0.2, 0.25) is 0 Å². The van der Waals surface area contributed by atoms with Crippen molar-refractivity contribution in [2.24, 2.45) is 0 Å². The van der Waals surface area contributed by atoms with Gasteiger partial charge in [-0.15, -0.1) is 0 Å². The number of aliphatic hydroxyl groups excluding tert-OH is 1. The summed E-state index contributed by atoms with van der Waals surface area (Å²) in [5.41, 5.74) is 2.85. The minimum absolute atomic E-state index is 0.0174. The van der Waals surface area contributed by atoms with Crippen LogP contribution in [0.4, 0.5) is 10.5 Å². The van der Waals surface area contributed by atoms with Crippen molar-refractivity contribution in [2.45, 2.75) is 12.1 Å². The zero-order valence-electron chi connectivity index (χ0n) is 16.3. The Morgan fingerprint density at radius 3 is 2.39 bits per heavy atom. The lowest BCUT2D eigenvalue weighted by atomic mass is 10.0. The Morgan fingerprint density at radius 2 is 1.64 bits per heavy atom. The number of amides is 2. The third kappa shape index (κ3) is 4.04. The van der Waals surface area contributed by atoms with Crippen LogP contribution < -0.4 is 5.32 Å². The van der Waals surface area contributed by atoms with Crippen molar-refractivity contribution in [2.75, 3.05) is 51.6 Å². The number of piperazine rings is 1. The number of likely N-dealkylation sites (N-methyl/N-ethyl adjacent to an activating group) is 1. The smallest absolute Gasteiger partial charge is 0.322 e. The minimum Gasteiger partial charge on any atom is -0.390 e. The zero-order chi connectivity index (χ0) is 19.5. The molecule has 2 atom stereocenters. The summed E-state index contributed by atoms with van der Waals surface area (Å²) in [4.78, 5) is 19.2. The molecule has 2 fully saturated rings. The van der Waals surface area contributed by atoms with Gasteiger partial charge < -0.3 is 20.2 Å². The first kappa shape index (κ1) is 18.9. The lowest BCUT2D eigenvalue weighted by Crippen LogP contribution is -2.52. The van der Waals surface area contributed by atoms with Crippen LogP contribution >= 0.6 is 0 Å². The van der Waals surface area contributed by atoms with E-state index in [1.54, 1.807) is 4.90 Å². The Morgan fingerprint density at radius 1 is 0.964 bits per heavy atom. The van der Waals surface area contributed by atoms with Crippen molar-refractivity contribution in [3.05, 3.63) is 54.6 Å². The van der Waals surface area contributed by atoms with E-state index >= 15 is 0 Å². The van der Waals surface area contributed by atoms with Crippen molar-refractivity contribution in [1.29, 1.82) is 0 Å². The second-order valence-corrected chi connectivity index (χ2v) is 7.72. The highest BCUT2D eigenvalue weighted by Gasteiger charge is 2.38. The van der Waals surface area contributed by atoms with Gasteiger partial charge in [-0.3, -0.25) is 4.90 Å². The van der Waals surface area contributed by atoms with Crippen molar-refractivity contribution >= 4 is 11.7 Å². The number of hydrogen-bond acceptors (Lipinski definition) is 4. The molecule has 0 aromatic heterocycles. The van der Waals surface area contributed by atoms with Crippen LogP contribution in [0.3, 0.4) is 0 Å². The Balaban J connectivity index is 1.44. The van der Waals surface area contributed by atoms with E-state index in [4.69, 9.17) is 0 Å². The number of hydrogen-bond donors (Lipinski definition) is 2. The number of nitrogens with one attached hydrogen (secondary N) is 1. The molecule has 6 nitrogen and oxygen atoms in total. The first-order valence-corrected chi connectivity index (χ1v) is 9.93. The van der Waals surface area contributed by atoms with Crippen LogP contribution in [0.5, 0.6) is 0 Å². The van der Waals surface area contributed by atoms with Gasteiger partial charge in [0.15, 0.2) is 0 Å². The number of β-amino-alcohol motifs (C(OH)–C–C–N with tert-alkyl or cyclic N) is 1. The summed E-state index contributed by atoms with van der Waals surface area (Å²) in [6, 6.07) is 17.7. The Hall–Kier alpha value is -2.41. The Labute approximate surface area is 166 Å². The fourth-order valence-corrected chi connectivity index (χ4v) is 4.10. The van der Waals surface area contributed by atoms with E-state index in [-0.39, 0.29) is 12.1 Å². The van der Waals surface area contributed by atoms with Gasteiger partial charge in [0.05, 0.1) is 24.4 Å². The van der Waals surface area contributed by atoms with E-state index in [9.17, 15) is 9.90 Å². The molecule has 2 heterocycles. The molecule has 2 amide bonds. The molecule has 0 unspecified atom stereocenters. The molecule has 2 aliphatic heterocycles. The van der Waals surface area contributed by atoms with Gasteiger partial charge in [-0.05, 0) is 18.7 Å². The summed E-state index contributed by atoms with van der Waals surface area (Å²) in [7, 11) is 2.12. The van der Waals surface area contributed by atoms with E-state index in [1.165, 1.54) is 0 Å². The fraction of sp³-hybridized carbons (Fsp3) is 0.409. The van der Waals surface area contributed by atoms with Crippen molar-refractivity contribution in [3.8, 4) is 11.1 Å². The third-order valence-electron chi connectivity index (χ3n) is 5.81. The van der Waals surface area contributed by atoms with Gasteiger partial charge in [0, 0.05) is 38.3 Å². The van der Waals surface area contributed by atoms with Crippen LogP contribution in [0.1, 0.15) is 0 Å². The lowest BCUT2D eigenvalue weighted by molar-refractivity contribution is 0.0512. The molecule has 2 aromatic rings. The number of aliphatic hydroxyl groups is 1. The number of likely N-dealkylation sites (tertiary alicyclic amines) is 1. The number of carbonyl (C=O) groups excluding carboxylic acids is 1. The predicted molar refractivity (Wildman–Crippen MR) is 111 cm³/mol. The van der Waals surface area contributed by atoms with Gasteiger partial charge in [-0.2, -0.15) is 0 Å². The standard InChI is InChI=1S/C22H28N4O2/c1-24-11-13-25(14-12-24)20-15-26(16-21(20)27)22(28)23-19-10-6-5-9-18(19)17-7-3-2-4-8-17/h2-10,20-21,27H,11-16H2,1H3,(H,23,28)/t20-,21-/m1/s1. The van der Waals surface area contributed by atoms with E-state index in [0.717, 1.165) is 43.0 Å². The second kappa shape index (κ2) is 8.31. The topological polar surface area (TPSA) is 59.0 Å². The number of urea groups is 1. The summed E-state index contributed by atoms with van der Waals surface area (Å²) < 4.78 is 0. The van der Waals surface area contributed by atoms with Crippen LogP contribution in [-0.2, 0) is 0 Å². The van der Waals surface area contributed by atoms with Gasteiger partial charge >= 0.3 is 6.03 Å². The number of carbonyl (C=O) groups is 1. The average molecular weight is 380 g/mol. The average Bonchev–Trinajstić information content (AvgIpc) is 3.11. The summed E-state index contributed by atoms with van der Waals surface area (Å²) in [5.74, 6) is 0. The molecule has 2 N–H and O–H groups in total. The van der Waals surface area contributed by atoms with E-state index in [2.05, 4.69) is 22.2 Å². The first-order chi connectivity index (χ1) is 13.6. The molecule has 28 heavy (non-hydrogen) atoms. The number of para-hydroxylation sites is 1. The molecule has 0 aliphatic carbocycles. The maximum atomic E-state index is 12.9. The highest BCUT2D eigenvalue weighted by molar-refractivity contribution is 5.94. The van der Waals surface area contributed by atoms with E-state index in [0.29, 0.717) is 13.1 Å². The maximum absolute atomic E-state index is 12.9. The SMILES string of the molecule is CN1CCN([C@@H]2CN(C(=O)Nc3ccccc3-c3ccccc3)C[C@H]2O)CC1. The minimum atomic E-state index is -0.501. The molecular formula is C22H28N4O2. The fourth-order valence-electron chi connectivity index (χ4n) is 4.10. The second-order valence-electron chi connectivity index (χ2n) is 7.72. The van der Waals surface area contributed by atoms with Crippen LogP contribution in [0, 0.1) is 0 Å². The molecule has 148 valence electrons. The predicted octanol–water partition coefficient (Wildman–Crippen LogP) is 2.18. The summed E-state index contributed by atoms with van der Waals surface area (Å²) in [6.07, 6.45) is -0.501. The van der Waals surface area contributed by atoms with Crippen LogP contribution in [0.2, 0.25) is 0 Å². The number of anilines is 1. The summed E-state index contributed by atoms with van der Waals surface area (Å²) >= 11 is 0. The van der Waals surface area contributed by atoms with Crippen molar-refractivity contribution in [1.82, 2.24) is 14.7 Å². The summed E-state index contributed by atoms with van der Waals surface area (Å²) in [5, 5.41) is 13.6. The number of rotatable bonds is 3. The number of benzene rings is 2. The third-order valence-corrected chi connectivity index (χ3v) is 5.81. The largest absolute Gasteiger partial charge is 0.390 e. The van der Waals surface area contributed by atoms with Crippen LogP contribution in [0.15, 0.2) is 54.6 Å². The quantitative estimate of drug-likeness (QED) is 0.857. The zero-order valence-corrected chi connectivity index (χ0v) is 16.3. The Bertz CT molecular complexity index is 805. The maximum Gasteiger partial charge on any atom is 0.322 e. The number of nitrogens with zero attached hydrogens (tertiary/aromatic N) is 3. The highest BCUT2D eigenvalue weighted by atomic mass is 16.3. The van der Waals surface area contributed by atoms with Gasteiger partial charge in [-0.1, -0.05) is 48.5 Å². The van der Waals surface area contributed by atoms with Crippen molar-refractivity contribution in [3.63, 3.8) is 0 Å². The molecule has 0 spiro atoms. The highest BCUT2D eigenvalue weighted by Crippen LogP contribution is 2.28. The Kier molecular flexibility index (Phi) is 5.62. The normalized spacial score (nSPS) is 23.7. The molecule has 0 bridgehead atoms. The molecular weight excluding hydrogens is 352 g/mol. The molecule has 2 saturated heterocycles. The molecule has 6 heteroatoms. The summed E-state index contributed by atoms with van der Waals surface area (Å²) in [6.45, 7) is 4.80. The van der Waals surface area contributed by atoms with Crippen molar-refractivity contribution < 1.29 is 9.90 Å². The first-order valence-electron chi connectivity index (χ1n) is 9.93. The van der Waals surface area contributed by atoms with Gasteiger partial charge in [0.1, 0.15) is 0 Å². The molecule has 2 aliphatic rings. The van der Waals surface area contributed by atoms with E-state index < -0.39 is 6.10 Å². The van der Waals surface area contributed by atoms with Crippen LogP contribution in [-0.4, -0.2) is 84.3 Å².